The lowest BCUT2D eigenvalue weighted by molar-refractivity contribution is 0.648. The Hall–Kier alpha value is -3.81. The molecular formula is C19H16N8. The Balaban J connectivity index is 1.74. The van der Waals surface area contributed by atoms with E-state index in [-0.39, 0.29) is 6.04 Å². The third-order valence-corrected chi connectivity index (χ3v) is 4.72. The number of fused-ring (bicyclic) bond motifs is 2. The van der Waals surface area contributed by atoms with Crippen LogP contribution in [0, 0.1) is 0 Å². The zero-order valence-corrected chi connectivity index (χ0v) is 14.6. The SMILES string of the molecule is CC(c1cc2nccn2nc1-c1ccccc1)n1cnc2c(N)ncnc21. The van der Waals surface area contributed by atoms with Crippen molar-refractivity contribution in [3.63, 3.8) is 0 Å². The summed E-state index contributed by atoms with van der Waals surface area (Å²) in [6, 6.07) is 12.1. The molecule has 0 saturated heterocycles. The van der Waals surface area contributed by atoms with Gasteiger partial charge < -0.3 is 10.3 Å². The van der Waals surface area contributed by atoms with Gasteiger partial charge >= 0.3 is 0 Å². The maximum atomic E-state index is 5.94. The Morgan fingerprint density at radius 2 is 1.89 bits per heavy atom. The van der Waals surface area contributed by atoms with E-state index >= 15 is 0 Å². The molecule has 2 N–H and O–H groups in total. The molecule has 1 aromatic carbocycles. The largest absolute Gasteiger partial charge is 0.382 e. The topological polar surface area (TPSA) is 99.8 Å². The van der Waals surface area contributed by atoms with E-state index in [2.05, 4.69) is 32.9 Å². The summed E-state index contributed by atoms with van der Waals surface area (Å²) >= 11 is 0. The van der Waals surface area contributed by atoms with Crippen LogP contribution in [0.2, 0.25) is 0 Å². The van der Waals surface area contributed by atoms with Crippen LogP contribution >= 0.6 is 0 Å². The number of imidazole rings is 2. The highest BCUT2D eigenvalue weighted by Crippen LogP contribution is 2.31. The van der Waals surface area contributed by atoms with Gasteiger partial charge in [-0.1, -0.05) is 30.3 Å². The fraction of sp³-hybridized carbons (Fsp3) is 0.105. The second kappa shape index (κ2) is 5.87. The number of nitrogens with zero attached hydrogens (tertiary/aromatic N) is 7. The third-order valence-electron chi connectivity index (χ3n) is 4.72. The Labute approximate surface area is 154 Å². The quantitative estimate of drug-likeness (QED) is 0.533. The Morgan fingerprint density at radius 1 is 1.04 bits per heavy atom. The van der Waals surface area contributed by atoms with Gasteiger partial charge in [0.25, 0.3) is 0 Å². The van der Waals surface area contributed by atoms with Gasteiger partial charge in [-0.25, -0.2) is 24.5 Å². The molecule has 1 unspecified atom stereocenters. The van der Waals surface area contributed by atoms with Crippen LogP contribution < -0.4 is 5.73 Å². The summed E-state index contributed by atoms with van der Waals surface area (Å²) in [5.41, 5.74) is 11.0. The summed E-state index contributed by atoms with van der Waals surface area (Å²) in [5, 5.41) is 4.80. The van der Waals surface area contributed by atoms with Crippen molar-refractivity contribution in [1.82, 2.24) is 34.1 Å². The maximum Gasteiger partial charge on any atom is 0.165 e. The molecular weight excluding hydrogens is 340 g/mol. The van der Waals surface area contributed by atoms with Gasteiger partial charge in [0.05, 0.1) is 18.1 Å². The number of hydrogen-bond donors (Lipinski definition) is 1. The van der Waals surface area contributed by atoms with Gasteiger partial charge in [-0.15, -0.1) is 0 Å². The van der Waals surface area contributed by atoms with Gasteiger partial charge in [0.15, 0.2) is 17.1 Å². The first-order valence-electron chi connectivity index (χ1n) is 8.55. The van der Waals surface area contributed by atoms with Crippen LogP contribution in [0.4, 0.5) is 5.82 Å². The Morgan fingerprint density at radius 3 is 2.74 bits per heavy atom. The second-order valence-electron chi connectivity index (χ2n) is 6.30. The van der Waals surface area contributed by atoms with Crippen molar-refractivity contribution in [2.45, 2.75) is 13.0 Å². The van der Waals surface area contributed by atoms with E-state index in [1.165, 1.54) is 6.33 Å². The molecule has 8 heteroatoms. The van der Waals surface area contributed by atoms with Crippen LogP contribution in [0.3, 0.4) is 0 Å². The van der Waals surface area contributed by atoms with E-state index in [1.807, 2.05) is 41.1 Å². The lowest BCUT2D eigenvalue weighted by Crippen LogP contribution is -2.11. The van der Waals surface area contributed by atoms with Gasteiger partial charge in [0, 0.05) is 23.5 Å². The van der Waals surface area contributed by atoms with Crippen molar-refractivity contribution in [2.75, 3.05) is 5.73 Å². The molecule has 4 aromatic heterocycles. The fourth-order valence-electron chi connectivity index (χ4n) is 3.31. The van der Waals surface area contributed by atoms with E-state index in [1.54, 1.807) is 17.0 Å². The average Bonchev–Trinajstić information content (AvgIpc) is 3.34. The number of benzene rings is 1. The van der Waals surface area contributed by atoms with Crippen LogP contribution in [0.1, 0.15) is 18.5 Å². The Kier molecular flexibility index (Phi) is 3.36. The highest BCUT2D eigenvalue weighted by atomic mass is 15.2. The summed E-state index contributed by atoms with van der Waals surface area (Å²) in [6.07, 6.45) is 6.78. The molecule has 0 spiro atoms. The maximum absolute atomic E-state index is 5.94. The molecule has 1 atom stereocenters. The molecule has 0 saturated carbocycles. The standard InChI is InChI=1S/C19H16N8/c1-12(26-11-24-17-18(20)22-10-23-19(17)26)14-9-15-21-7-8-27(15)25-16(14)13-5-3-2-4-6-13/h2-12H,1H3,(H2,20,22,23). The van der Waals surface area contributed by atoms with Crippen molar-refractivity contribution < 1.29 is 0 Å². The van der Waals surface area contributed by atoms with Crippen molar-refractivity contribution in [1.29, 1.82) is 0 Å². The zero-order chi connectivity index (χ0) is 18.4. The zero-order valence-electron chi connectivity index (χ0n) is 14.6. The smallest absolute Gasteiger partial charge is 0.165 e. The van der Waals surface area contributed by atoms with Crippen molar-refractivity contribution >= 4 is 22.6 Å². The van der Waals surface area contributed by atoms with Crippen LogP contribution in [0.25, 0.3) is 28.1 Å². The van der Waals surface area contributed by atoms with Crippen LogP contribution in [-0.4, -0.2) is 34.1 Å². The fourth-order valence-corrected chi connectivity index (χ4v) is 3.31. The summed E-state index contributed by atoms with van der Waals surface area (Å²) in [6.45, 7) is 2.09. The summed E-state index contributed by atoms with van der Waals surface area (Å²) < 4.78 is 3.76. The van der Waals surface area contributed by atoms with Gasteiger partial charge in [-0.3, -0.25) is 0 Å². The number of aromatic nitrogens is 7. The number of anilines is 1. The molecule has 5 aromatic rings. The number of hydrogen-bond acceptors (Lipinski definition) is 6. The predicted molar refractivity (Wildman–Crippen MR) is 102 cm³/mol. The lowest BCUT2D eigenvalue weighted by atomic mass is 10.0. The van der Waals surface area contributed by atoms with Gasteiger partial charge in [-0.2, -0.15) is 5.10 Å². The summed E-state index contributed by atoms with van der Waals surface area (Å²) in [4.78, 5) is 17.2. The lowest BCUT2D eigenvalue weighted by Gasteiger charge is -2.18. The minimum absolute atomic E-state index is 0.0753. The third kappa shape index (κ3) is 2.42. The highest BCUT2D eigenvalue weighted by molar-refractivity contribution is 5.81. The molecule has 0 aliphatic rings. The number of rotatable bonds is 3. The highest BCUT2D eigenvalue weighted by Gasteiger charge is 2.20. The van der Waals surface area contributed by atoms with Crippen molar-refractivity contribution in [3.05, 3.63) is 67.0 Å². The molecule has 5 rings (SSSR count). The van der Waals surface area contributed by atoms with Crippen molar-refractivity contribution in [2.24, 2.45) is 0 Å². The molecule has 8 nitrogen and oxygen atoms in total. The monoisotopic (exact) mass is 356 g/mol. The minimum atomic E-state index is -0.0753. The normalized spacial score (nSPS) is 12.6. The first-order chi connectivity index (χ1) is 13.2. The summed E-state index contributed by atoms with van der Waals surface area (Å²) in [5.74, 6) is 0.371. The van der Waals surface area contributed by atoms with Crippen molar-refractivity contribution in [3.8, 4) is 11.3 Å². The minimum Gasteiger partial charge on any atom is -0.382 e. The molecule has 0 aliphatic carbocycles. The van der Waals surface area contributed by atoms with E-state index in [0.29, 0.717) is 17.0 Å². The van der Waals surface area contributed by atoms with E-state index in [0.717, 1.165) is 22.5 Å². The second-order valence-corrected chi connectivity index (χ2v) is 6.30. The predicted octanol–water partition coefficient (Wildman–Crippen LogP) is 2.73. The molecule has 0 bridgehead atoms. The van der Waals surface area contributed by atoms with Crippen LogP contribution in [0.5, 0.6) is 0 Å². The Bertz CT molecular complexity index is 1250. The van der Waals surface area contributed by atoms with Gasteiger partial charge in [-0.05, 0) is 13.0 Å². The van der Waals surface area contributed by atoms with E-state index < -0.39 is 0 Å². The number of nitrogens with two attached hydrogens (primary N) is 1. The first kappa shape index (κ1) is 15.4. The van der Waals surface area contributed by atoms with Gasteiger partial charge in [0.1, 0.15) is 11.8 Å². The molecule has 4 heterocycles. The summed E-state index contributed by atoms with van der Waals surface area (Å²) in [7, 11) is 0. The number of nitrogen functional groups attached to an aromatic ring is 1. The van der Waals surface area contributed by atoms with Gasteiger partial charge in [0.2, 0.25) is 0 Å². The molecule has 0 radical (unpaired) electrons. The van der Waals surface area contributed by atoms with Crippen LogP contribution in [0.15, 0.2) is 61.4 Å². The molecule has 0 aliphatic heterocycles. The first-order valence-corrected chi connectivity index (χ1v) is 8.55. The molecule has 0 amide bonds. The van der Waals surface area contributed by atoms with Crippen LogP contribution in [-0.2, 0) is 0 Å². The molecule has 0 fully saturated rings. The van der Waals surface area contributed by atoms with E-state index in [9.17, 15) is 0 Å². The average molecular weight is 356 g/mol. The molecule has 132 valence electrons. The molecule has 27 heavy (non-hydrogen) atoms. The van der Waals surface area contributed by atoms with E-state index in [4.69, 9.17) is 10.8 Å².